The molecule has 1 amide bonds. The maximum absolute atomic E-state index is 12.2. The average molecular weight is 277 g/mol. The molecule has 1 N–H and O–H groups in total. The largest absolute Gasteiger partial charge is 0.803 e. The van der Waals surface area contributed by atoms with E-state index in [4.69, 9.17) is 0 Å². The van der Waals surface area contributed by atoms with Crippen LogP contribution < -0.4 is 10.6 Å². The molecular formula is C16H9N2O3-. The van der Waals surface area contributed by atoms with Crippen LogP contribution in [-0.4, -0.2) is 15.7 Å². The predicted octanol–water partition coefficient (Wildman–Crippen LogP) is 1.05. The van der Waals surface area contributed by atoms with E-state index in [0.29, 0.717) is 26.2 Å². The van der Waals surface area contributed by atoms with Gasteiger partial charge >= 0.3 is 0 Å². The highest BCUT2D eigenvalue weighted by Gasteiger charge is 2.25. The molecule has 0 radical (unpaired) electrons. The fraction of sp³-hybridized carbons (Fsp3) is 0. The van der Waals surface area contributed by atoms with E-state index in [0.717, 1.165) is 0 Å². The Hall–Kier alpha value is -3.08. The molecule has 4 rings (SSSR count). The molecule has 1 aliphatic heterocycles. The summed E-state index contributed by atoms with van der Waals surface area (Å²) in [7, 11) is 0. The van der Waals surface area contributed by atoms with Gasteiger partial charge in [0.05, 0.1) is 16.5 Å². The van der Waals surface area contributed by atoms with Crippen molar-refractivity contribution in [1.82, 2.24) is 4.73 Å². The molecule has 0 saturated heterocycles. The third-order valence-electron chi connectivity index (χ3n) is 3.67. The van der Waals surface area contributed by atoms with E-state index in [2.05, 4.69) is 4.99 Å². The molecule has 21 heavy (non-hydrogen) atoms. The lowest BCUT2D eigenvalue weighted by molar-refractivity contribution is -0.112. The van der Waals surface area contributed by atoms with Crippen LogP contribution in [0.5, 0.6) is 5.88 Å². The molecule has 0 spiro atoms. The quantitative estimate of drug-likeness (QED) is 0.722. The molecule has 5 nitrogen and oxygen atoms in total. The Labute approximate surface area is 118 Å². The summed E-state index contributed by atoms with van der Waals surface area (Å²) in [4.78, 5) is 16.2. The van der Waals surface area contributed by atoms with Crippen LogP contribution in [-0.2, 0) is 4.79 Å². The minimum atomic E-state index is -0.466. The first-order chi connectivity index (χ1) is 10.2. The highest BCUT2D eigenvalue weighted by molar-refractivity contribution is 6.24. The van der Waals surface area contributed by atoms with Crippen molar-refractivity contribution in [1.29, 1.82) is 0 Å². The van der Waals surface area contributed by atoms with Gasteiger partial charge in [-0.3, -0.25) is 4.79 Å². The first-order valence-electron chi connectivity index (χ1n) is 6.41. The maximum atomic E-state index is 12.2. The van der Waals surface area contributed by atoms with Crippen molar-refractivity contribution in [3.05, 3.63) is 69.9 Å². The van der Waals surface area contributed by atoms with Gasteiger partial charge in [0.15, 0.2) is 5.88 Å². The van der Waals surface area contributed by atoms with Crippen molar-refractivity contribution in [2.75, 3.05) is 0 Å². The second kappa shape index (κ2) is 3.96. The minimum absolute atomic E-state index is 0.249. The molecule has 0 bridgehead atoms. The predicted molar refractivity (Wildman–Crippen MR) is 77.1 cm³/mol. The molecule has 0 unspecified atom stereocenters. The normalized spacial score (nSPS) is 13.5. The van der Waals surface area contributed by atoms with E-state index in [9.17, 15) is 15.1 Å². The lowest BCUT2D eigenvalue weighted by atomic mass is 10.0. The Morgan fingerprint density at radius 1 is 1.05 bits per heavy atom. The molecule has 2 aromatic carbocycles. The van der Waals surface area contributed by atoms with Gasteiger partial charge in [0.25, 0.3) is 5.91 Å². The van der Waals surface area contributed by atoms with Crippen LogP contribution in [0.25, 0.3) is 16.5 Å². The number of para-hydroxylation sites is 2. The topological polar surface area (TPSA) is 77.6 Å². The summed E-state index contributed by atoms with van der Waals surface area (Å²) >= 11 is 0. The van der Waals surface area contributed by atoms with E-state index in [1.165, 1.54) is 0 Å². The molecule has 3 aromatic rings. The van der Waals surface area contributed by atoms with E-state index >= 15 is 0 Å². The van der Waals surface area contributed by atoms with Gasteiger partial charge in [-0.2, -0.15) is 0 Å². The SMILES string of the molecule is O=C1N=c2ccccc2=C1c1c(O)n([O-])c2ccccc12. The first kappa shape index (κ1) is 11.7. The molecule has 1 aliphatic rings. The monoisotopic (exact) mass is 277 g/mol. The van der Waals surface area contributed by atoms with Gasteiger partial charge < -0.3 is 15.0 Å². The van der Waals surface area contributed by atoms with Crippen molar-refractivity contribution in [3.63, 3.8) is 0 Å². The second-order valence-electron chi connectivity index (χ2n) is 4.82. The molecular weight excluding hydrogens is 268 g/mol. The van der Waals surface area contributed by atoms with Crippen molar-refractivity contribution in [2.45, 2.75) is 0 Å². The van der Waals surface area contributed by atoms with Gasteiger partial charge in [-0.05, 0) is 12.1 Å². The Balaban J connectivity index is 2.22. The van der Waals surface area contributed by atoms with Gasteiger partial charge in [-0.25, -0.2) is 4.99 Å². The van der Waals surface area contributed by atoms with Gasteiger partial charge in [-0.15, -0.1) is 0 Å². The average Bonchev–Trinajstić information content (AvgIpc) is 2.95. The zero-order valence-electron chi connectivity index (χ0n) is 10.8. The van der Waals surface area contributed by atoms with E-state index in [-0.39, 0.29) is 11.1 Å². The number of benzene rings is 2. The lowest BCUT2D eigenvalue weighted by Gasteiger charge is -2.09. The highest BCUT2D eigenvalue weighted by Crippen LogP contribution is 2.35. The van der Waals surface area contributed by atoms with Gasteiger partial charge in [-0.1, -0.05) is 36.4 Å². The van der Waals surface area contributed by atoms with Crippen molar-refractivity contribution >= 4 is 22.4 Å². The summed E-state index contributed by atoms with van der Waals surface area (Å²) in [5.74, 6) is -0.908. The number of hydrogen-bond acceptors (Lipinski definition) is 3. The number of hydrogen-bond donors (Lipinski definition) is 1. The smallest absolute Gasteiger partial charge is 0.279 e. The number of carbonyl (C=O) groups excluding carboxylic acids is 1. The summed E-state index contributed by atoms with van der Waals surface area (Å²) in [5, 5.41) is 23.9. The molecule has 5 heteroatoms. The number of amides is 1. The number of aromatic hydroxyl groups is 1. The number of aromatic nitrogens is 1. The Kier molecular flexibility index (Phi) is 2.21. The fourth-order valence-corrected chi connectivity index (χ4v) is 2.75. The summed E-state index contributed by atoms with van der Waals surface area (Å²) in [6.07, 6.45) is 0. The van der Waals surface area contributed by atoms with Crippen LogP contribution in [0.1, 0.15) is 5.56 Å². The molecule has 2 heterocycles. The van der Waals surface area contributed by atoms with E-state index in [1.807, 2.05) is 0 Å². The molecule has 1 aromatic heterocycles. The third-order valence-corrected chi connectivity index (χ3v) is 3.67. The number of fused-ring (bicyclic) bond motifs is 2. The Bertz CT molecular complexity index is 1030. The van der Waals surface area contributed by atoms with Crippen molar-refractivity contribution < 1.29 is 9.90 Å². The zero-order valence-corrected chi connectivity index (χ0v) is 10.8. The Morgan fingerprint density at radius 2 is 1.76 bits per heavy atom. The minimum Gasteiger partial charge on any atom is -0.803 e. The Morgan fingerprint density at radius 3 is 2.62 bits per heavy atom. The third kappa shape index (κ3) is 1.45. The van der Waals surface area contributed by atoms with Crippen molar-refractivity contribution in [2.24, 2.45) is 4.99 Å². The molecule has 0 atom stereocenters. The first-order valence-corrected chi connectivity index (χ1v) is 6.41. The van der Waals surface area contributed by atoms with Crippen LogP contribution >= 0.6 is 0 Å². The van der Waals surface area contributed by atoms with E-state index in [1.54, 1.807) is 48.5 Å². The standard InChI is InChI=1S/C16H9N2O3/c19-15-13(9-5-1-3-7-11(9)17-15)14-10-6-2-4-8-12(10)18(21)16(14)20/h1-8,20H/q-1. The fourth-order valence-electron chi connectivity index (χ4n) is 2.75. The molecule has 0 aliphatic carbocycles. The summed E-state index contributed by atoms with van der Waals surface area (Å²) in [6.45, 7) is 0. The second-order valence-corrected chi connectivity index (χ2v) is 4.82. The number of carbonyl (C=O) groups is 1. The van der Waals surface area contributed by atoms with Gasteiger partial charge in [0.1, 0.15) is 0 Å². The summed E-state index contributed by atoms with van der Waals surface area (Å²) in [5.41, 5.74) is 0.850. The molecule has 0 saturated carbocycles. The van der Waals surface area contributed by atoms with Crippen LogP contribution in [0, 0.1) is 5.21 Å². The molecule has 102 valence electrons. The summed E-state index contributed by atoms with van der Waals surface area (Å²) < 4.78 is 0.436. The zero-order chi connectivity index (χ0) is 14.6. The highest BCUT2D eigenvalue weighted by atomic mass is 16.5. The maximum Gasteiger partial charge on any atom is 0.279 e. The lowest BCUT2D eigenvalue weighted by Crippen LogP contribution is -2.22. The number of nitrogens with zero attached hydrogens (tertiary/aromatic N) is 2. The van der Waals surface area contributed by atoms with Crippen LogP contribution in [0.2, 0.25) is 0 Å². The van der Waals surface area contributed by atoms with Crippen LogP contribution in [0.15, 0.2) is 53.5 Å². The van der Waals surface area contributed by atoms with Gasteiger partial charge in [0, 0.05) is 16.1 Å². The van der Waals surface area contributed by atoms with Crippen molar-refractivity contribution in [3.8, 4) is 5.88 Å². The van der Waals surface area contributed by atoms with Gasteiger partial charge in [0.2, 0.25) is 0 Å². The van der Waals surface area contributed by atoms with Crippen LogP contribution in [0.3, 0.4) is 0 Å². The van der Waals surface area contributed by atoms with E-state index < -0.39 is 11.8 Å². The molecule has 0 fully saturated rings. The van der Waals surface area contributed by atoms with Crippen LogP contribution in [0.4, 0.5) is 0 Å². The summed E-state index contributed by atoms with van der Waals surface area (Å²) in [6, 6.07) is 13.8. The number of rotatable bonds is 1.